The summed E-state index contributed by atoms with van der Waals surface area (Å²) in [4.78, 5) is 56.0. The Morgan fingerprint density at radius 1 is 1.06 bits per heavy atom. The van der Waals surface area contributed by atoms with Crippen LogP contribution in [0.15, 0.2) is 42.0 Å². The van der Waals surface area contributed by atoms with Crippen LogP contribution in [0.5, 0.6) is 0 Å². The maximum absolute atomic E-state index is 14.1. The van der Waals surface area contributed by atoms with Crippen LogP contribution in [-0.2, 0) is 28.6 Å². The van der Waals surface area contributed by atoms with Crippen molar-refractivity contribution in [1.82, 2.24) is 15.1 Å². The highest BCUT2D eigenvalue weighted by Gasteiger charge is 2.53. The second kappa shape index (κ2) is 17.7. The summed E-state index contributed by atoms with van der Waals surface area (Å²) in [7, 11) is 3.30. The van der Waals surface area contributed by atoms with Gasteiger partial charge in [-0.25, -0.2) is 4.79 Å². The fraction of sp³-hybridized carbons (Fsp3) is 0.622. The molecule has 1 aromatic rings. The molecule has 11 heteroatoms. The number of hydrogen-bond donors (Lipinski definition) is 2. The lowest BCUT2D eigenvalue weighted by molar-refractivity contribution is -0.190. The Labute approximate surface area is 284 Å². The molecule has 0 saturated carbocycles. The van der Waals surface area contributed by atoms with Gasteiger partial charge in [0.2, 0.25) is 17.7 Å². The molecule has 4 atom stereocenters. The Balaban J connectivity index is 1.64. The minimum absolute atomic E-state index is 0.105. The highest BCUT2D eigenvalue weighted by Crippen LogP contribution is 2.43. The van der Waals surface area contributed by atoms with E-state index in [4.69, 9.17) is 14.2 Å². The summed E-state index contributed by atoms with van der Waals surface area (Å²) < 4.78 is 19.7. The molecule has 48 heavy (non-hydrogen) atoms. The van der Waals surface area contributed by atoms with Gasteiger partial charge in [-0.15, -0.1) is 0 Å². The summed E-state index contributed by atoms with van der Waals surface area (Å²) in [5, 5.41) is 11.9. The Bertz CT molecular complexity index is 1330. The molecular formula is C37H53N3O8. The van der Waals surface area contributed by atoms with Crippen molar-refractivity contribution in [3.8, 4) is 0 Å². The first-order valence-electron chi connectivity index (χ1n) is 17.6. The SMILES string of the molecule is CCCCCC1(CCCCC)OC2C=C(C(=O)N3CCCC3C(=O)NCCO)CC(OC(=O)c3ccccc3C=CC(=O)N(C)C)C2O1. The third-order valence-electron chi connectivity index (χ3n) is 9.29. The molecular weight excluding hydrogens is 614 g/mol. The highest BCUT2D eigenvalue weighted by atomic mass is 16.8. The topological polar surface area (TPSA) is 135 Å². The summed E-state index contributed by atoms with van der Waals surface area (Å²) in [6, 6.07) is 6.26. The number of ether oxygens (including phenoxy) is 3. The fourth-order valence-corrected chi connectivity index (χ4v) is 6.69. The summed E-state index contributed by atoms with van der Waals surface area (Å²) in [5.41, 5.74) is 1.24. The monoisotopic (exact) mass is 667 g/mol. The number of likely N-dealkylation sites (N-methyl/N-ethyl adjacent to an activating group) is 1. The molecule has 264 valence electrons. The third-order valence-corrected chi connectivity index (χ3v) is 9.29. The van der Waals surface area contributed by atoms with Crippen molar-refractivity contribution in [3.05, 3.63) is 53.1 Å². The molecule has 1 aromatic carbocycles. The molecule has 2 saturated heterocycles. The number of amides is 3. The molecule has 3 aliphatic rings. The van der Waals surface area contributed by atoms with Crippen molar-refractivity contribution in [1.29, 1.82) is 0 Å². The van der Waals surface area contributed by atoms with Gasteiger partial charge in [-0.2, -0.15) is 0 Å². The van der Waals surface area contributed by atoms with E-state index in [9.17, 15) is 24.3 Å². The van der Waals surface area contributed by atoms with E-state index in [0.717, 1.165) is 38.5 Å². The maximum Gasteiger partial charge on any atom is 0.339 e. The van der Waals surface area contributed by atoms with Crippen LogP contribution < -0.4 is 5.32 Å². The Hall–Kier alpha value is -3.54. The number of nitrogens with zero attached hydrogens (tertiary/aromatic N) is 2. The van der Waals surface area contributed by atoms with E-state index in [0.29, 0.717) is 43.4 Å². The number of aliphatic hydroxyl groups is 1. The Morgan fingerprint density at radius 2 is 1.77 bits per heavy atom. The number of carbonyl (C=O) groups is 4. The quantitative estimate of drug-likeness (QED) is 0.151. The summed E-state index contributed by atoms with van der Waals surface area (Å²) >= 11 is 0. The minimum Gasteiger partial charge on any atom is -0.456 e. The van der Waals surface area contributed by atoms with E-state index in [2.05, 4.69) is 19.2 Å². The fourth-order valence-electron chi connectivity index (χ4n) is 6.69. The lowest BCUT2D eigenvalue weighted by Gasteiger charge is -2.33. The number of rotatable bonds is 16. The van der Waals surface area contributed by atoms with Crippen LogP contribution in [0.25, 0.3) is 6.08 Å². The first kappa shape index (κ1) is 37.3. The van der Waals surface area contributed by atoms with Gasteiger partial charge in [-0.3, -0.25) is 14.4 Å². The van der Waals surface area contributed by atoms with E-state index in [1.807, 2.05) is 6.08 Å². The first-order valence-corrected chi connectivity index (χ1v) is 17.6. The zero-order chi connectivity index (χ0) is 34.7. The van der Waals surface area contributed by atoms with E-state index < -0.39 is 36.1 Å². The molecule has 0 spiro atoms. The van der Waals surface area contributed by atoms with Crippen LogP contribution in [0.4, 0.5) is 0 Å². The molecule has 0 aromatic heterocycles. The number of aliphatic hydroxyl groups excluding tert-OH is 1. The zero-order valence-corrected chi connectivity index (χ0v) is 28.9. The van der Waals surface area contributed by atoms with Gasteiger partial charge in [0.25, 0.3) is 0 Å². The van der Waals surface area contributed by atoms with Gasteiger partial charge in [0.05, 0.1) is 12.2 Å². The number of unbranched alkanes of at least 4 members (excludes halogenated alkanes) is 4. The smallest absolute Gasteiger partial charge is 0.339 e. The van der Waals surface area contributed by atoms with Gasteiger partial charge < -0.3 is 34.4 Å². The average Bonchev–Trinajstić information content (AvgIpc) is 3.72. The van der Waals surface area contributed by atoms with Crippen LogP contribution >= 0.6 is 0 Å². The molecule has 3 amide bonds. The van der Waals surface area contributed by atoms with Crippen molar-refractivity contribution in [3.63, 3.8) is 0 Å². The van der Waals surface area contributed by atoms with Crippen LogP contribution in [0.3, 0.4) is 0 Å². The van der Waals surface area contributed by atoms with Crippen LogP contribution in [0, 0.1) is 0 Å². The second-order valence-corrected chi connectivity index (χ2v) is 13.2. The highest BCUT2D eigenvalue weighted by molar-refractivity contribution is 5.99. The molecule has 2 heterocycles. The van der Waals surface area contributed by atoms with Gasteiger partial charge >= 0.3 is 5.97 Å². The van der Waals surface area contributed by atoms with Gasteiger partial charge in [-0.05, 0) is 49.5 Å². The Kier molecular flexibility index (Phi) is 13.8. The maximum atomic E-state index is 14.1. The summed E-state index contributed by atoms with van der Waals surface area (Å²) in [5.74, 6) is -2.25. The largest absolute Gasteiger partial charge is 0.456 e. The second-order valence-electron chi connectivity index (χ2n) is 13.2. The summed E-state index contributed by atoms with van der Waals surface area (Å²) in [6.45, 7) is 4.65. The predicted molar refractivity (Wildman–Crippen MR) is 182 cm³/mol. The zero-order valence-electron chi connectivity index (χ0n) is 28.9. The first-order chi connectivity index (χ1) is 23.1. The standard InChI is InChI=1S/C37H53N3O8/c1-5-7-11-19-37(20-12-8-6-2)47-31-25-27(35(44)40-22-13-16-29(40)34(43)38-21-23-41)24-30(33(31)48-37)46-36(45)28-15-10-9-14-26(28)17-18-32(42)39(3)4/h9-10,14-15,17-18,25,29-31,33,41H,5-8,11-13,16,19-24H2,1-4H3,(H,38,43). The average molecular weight is 668 g/mol. The molecule has 2 N–H and O–H groups in total. The van der Waals surface area contributed by atoms with Crippen molar-refractivity contribution < 1.29 is 38.5 Å². The van der Waals surface area contributed by atoms with Gasteiger partial charge in [0.15, 0.2) is 5.79 Å². The van der Waals surface area contributed by atoms with Crippen molar-refractivity contribution >= 4 is 29.8 Å². The lowest BCUT2D eigenvalue weighted by atomic mass is 9.91. The number of likely N-dealkylation sites (tertiary alicyclic amines) is 1. The lowest BCUT2D eigenvalue weighted by Crippen LogP contribution is -2.49. The number of fused-ring (bicyclic) bond motifs is 1. The van der Waals surface area contributed by atoms with Crippen molar-refractivity contribution in [2.45, 2.75) is 115 Å². The number of hydrogen-bond acceptors (Lipinski definition) is 8. The summed E-state index contributed by atoms with van der Waals surface area (Å²) in [6.07, 6.45) is 11.5. The normalized spacial score (nSPS) is 23.1. The van der Waals surface area contributed by atoms with E-state index >= 15 is 0 Å². The molecule has 0 radical (unpaired) electrons. The van der Waals surface area contributed by atoms with E-state index in [-0.39, 0.29) is 42.9 Å². The molecule has 2 aliphatic heterocycles. The number of nitrogens with one attached hydrogen (secondary N) is 1. The molecule has 0 bridgehead atoms. The van der Waals surface area contributed by atoms with Crippen LogP contribution in [0.1, 0.15) is 100 Å². The molecule has 1 aliphatic carbocycles. The van der Waals surface area contributed by atoms with Crippen LogP contribution in [-0.4, -0.2) is 103 Å². The van der Waals surface area contributed by atoms with Gasteiger partial charge in [0.1, 0.15) is 24.4 Å². The van der Waals surface area contributed by atoms with Gasteiger partial charge in [0, 0.05) is 58.1 Å². The number of benzene rings is 1. The number of carbonyl (C=O) groups excluding carboxylic acids is 4. The minimum atomic E-state index is -0.854. The third kappa shape index (κ3) is 9.33. The van der Waals surface area contributed by atoms with E-state index in [1.165, 1.54) is 11.0 Å². The van der Waals surface area contributed by atoms with E-state index in [1.54, 1.807) is 49.3 Å². The van der Waals surface area contributed by atoms with Gasteiger partial charge in [-0.1, -0.05) is 57.7 Å². The van der Waals surface area contributed by atoms with Crippen molar-refractivity contribution in [2.24, 2.45) is 0 Å². The number of esters is 1. The molecule has 2 fully saturated rings. The Morgan fingerprint density at radius 3 is 2.44 bits per heavy atom. The molecule has 4 rings (SSSR count). The van der Waals surface area contributed by atoms with Crippen molar-refractivity contribution in [2.75, 3.05) is 33.8 Å². The van der Waals surface area contributed by atoms with Crippen LogP contribution in [0.2, 0.25) is 0 Å². The predicted octanol–water partition coefficient (Wildman–Crippen LogP) is 4.38. The molecule has 11 nitrogen and oxygen atoms in total. The molecule has 4 unspecified atom stereocenters.